The minimum atomic E-state index is -0.896. The lowest BCUT2D eigenvalue weighted by molar-refractivity contribution is -0.123. The zero-order valence-electron chi connectivity index (χ0n) is 33.5. The second-order valence-corrected chi connectivity index (χ2v) is 13.7. The van der Waals surface area contributed by atoms with Gasteiger partial charge in [0.05, 0.1) is 18.8 Å². The lowest BCUT2D eigenvalue weighted by Crippen LogP contribution is -2.45. The molecule has 0 rings (SSSR count). The lowest BCUT2D eigenvalue weighted by Gasteiger charge is -2.19. The zero-order chi connectivity index (χ0) is 37.8. The van der Waals surface area contributed by atoms with Crippen molar-refractivity contribution >= 4 is 5.91 Å². The second-order valence-electron chi connectivity index (χ2n) is 13.7. The molecule has 2 atom stereocenters. The SMILES string of the molecule is CC/C=C\C/C=C\C/C=C\C/C=C\C/C=C\C/C=C\CCCCC(=O)NC(CO)C(O)/C=C/CC/C=C/CC/C=C/CCCCCCCCCCC. The highest BCUT2D eigenvalue weighted by molar-refractivity contribution is 5.76. The number of amides is 1. The third-order valence-corrected chi connectivity index (χ3v) is 8.72. The van der Waals surface area contributed by atoms with Crippen LogP contribution in [0.5, 0.6) is 0 Å². The Balaban J connectivity index is 3.81. The summed E-state index contributed by atoms with van der Waals surface area (Å²) in [5, 5.41) is 22.9. The molecule has 3 N–H and O–H groups in total. The van der Waals surface area contributed by atoms with Gasteiger partial charge in [-0.25, -0.2) is 0 Å². The number of hydrogen-bond acceptors (Lipinski definition) is 3. The summed E-state index contributed by atoms with van der Waals surface area (Å²) in [6.45, 7) is 4.14. The molecule has 0 aromatic heterocycles. The molecule has 1 amide bonds. The standard InChI is InChI=1S/C48H79NO3/c1-3-5-7-9-11-13-15-17-19-21-23-24-26-28-30-32-34-36-38-40-42-44-48(52)49-46(45-50)47(51)43-41-39-37-35-33-31-29-27-25-22-20-18-16-14-12-10-8-6-4-2/h5,7,11,13,17,19,23-25,27-28,30,33-36,41,43,46-47,50-51H,3-4,6,8-10,12,14-16,18,20-22,26,29,31-32,37-40,42,44-45H2,1-2H3,(H,49,52)/b7-5-,13-11-,19-17-,24-23-,27-25+,30-28-,35-33+,36-34-,43-41+. The van der Waals surface area contributed by atoms with Crippen LogP contribution < -0.4 is 5.32 Å². The van der Waals surface area contributed by atoms with Crippen molar-refractivity contribution in [2.75, 3.05) is 6.61 Å². The predicted molar refractivity (Wildman–Crippen MR) is 229 cm³/mol. The number of aliphatic hydroxyl groups excluding tert-OH is 2. The number of unbranched alkanes of at least 4 members (excludes halogenated alkanes) is 13. The molecule has 0 radical (unpaired) electrons. The van der Waals surface area contributed by atoms with E-state index in [1.807, 2.05) is 6.08 Å². The summed E-state index contributed by atoms with van der Waals surface area (Å²) in [5.74, 6) is -0.126. The Morgan fingerprint density at radius 3 is 1.35 bits per heavy atom. The first-order chi connectivity index (χ1) is 25.7. The number of nitrogens with one attached hydrogen (secondary N) is 1. The third-order valence-electron chi connectivity index (χ3n) is 8.72. The van der Waals surface area contributed by atoms with Crippen LogP contribution in [0, 0.1) is 0 Å². The number of carbonyl (C=O) groups excluding carboxylic acids is 1. The summed E-state index contributed by atoms with van der Waals surface area (Å²) in [7, 11) is 0. The topological polar surface area (TPSA) is 69.6 Å². The van der Waals surface area contributed by atoms with Crippen LogP contribution in [0.4, 0.5) is 0 Å². The molecule has 294 valence electrons. The van der Waals surface area contributed by atoms with Gasteiger partial charge in [-0.1, -0.05) is 175 Å². The van der Waals surface area contributed by atoms with Crippen LogP contribution in [-0.2, 0) is 4.79 Å². The van der Waals surface area contributed by atoms with E-state index in [2.05, 4.69) is 116 Å². The molecule has 2 unspecified atom stereocenters. The molecular formula is C48H79NO3. The van der Waals surface area contributed by atoms with Crippen LogP contribution in [0.2, 0.25) is 0 Å². The molecule has 4 heteroatoms. The Morgan fingerprint density at radius 2 is 0.865 bits per heavy atom. The normalized spacial score (nSPS) is 14.2. The molecule has 0 saturated heterocycles. The van der Waals surface area contributed by atoms with Gasteiger partial charge in [0.1, 0.15) is 0 Å². The number of allylic oxidation sites excluding steroid dienone is 17. The van der Waals surface area contributed by atoms with Crippen molar-refractivity contribution in [1.29, 1.82) is 0 Å². The molecule has 0 aromatic carbocycles. The van der Waals surface area contributed by atoms with Crippen molar-refractivity contribution in [3.05, 3.63) is 109 Å². The summed E-state index contributed by atoms with van der Waals surface area (Å²) in [5.41, 5.74) is 0. The highest BCUT2D eigenvalue weighted by Gasteiger charge is 2.17. The fourth-order valence-electron chi connectivity index (χ4n) is 5.50. The van der Waals surface area contributed by atoms with Crippen LogP contribution in [-0.4, -0.2) is 34.9 Å². The highest BCUT2D eigenvalue weighted by atomic mass is 16.3. The van der Waals surface area contributed by atoms with Gasteiger partial charge in [-0.15, -0.1) is 0 Å². The van der Waals surface area contributed by atoms with E-state index < -0.39 is 12.1 Å². The monoisotopic (exact) mass is 718 g/mol. The molecule has 4 nitrogen and oxygen atoms in total. The summed E-state index contributed by atoms with van der Waals surface area (Å²) >= 11 is 0. The average molecular weight is 718 g/mol. The molecule has 0 aliphatic heterocycles. The van der Waals surface area contributed by atoms with Gasteiger partial charge in [-0.2, -0.15) is 0 Å². The molecule has 0 aromatic rings. The number of carbonyl (C=O) groups is 1. The molecule has 0 bridgehead atoms. The molecular weight excluding hydrogens is 639 g/mol. The smallest absolute Gasteiger partial charge is 0.220 e. The van der Waals surface area contributed by atoms with E-state index in [4.69, 9.17) is 0 Å². The van der Waals surface area contributed by atoms with Gasteiger partial charge in [0.15, 0.2) is 0 Å². The predicted octanol–water partition coefficient (Wildman–Crippen LogP) is 13.2. The fourth-order valence-corrected chi connectivity index (χ4v) is 5.50. The van der Waals surface area contributed by atoms with E-state index in [-0.39, 0.29) is 12.5 Å². The largest absolute Gasteiger partial charge is 0.394 e. The van der Waals surface area contributed by atoms with Gasteiger partial charge in [-0.3, -0.25) is 4.79 Å². The number of hydrogen-bond donors (Lipinski definition) is 3. The van der Waals surface area contributed by atoms with Crippen LogP contribution in [0.1, 0.15) is 168 Å². The highest BCUT2D eigenvalue weighted by Crippen LogP contribution is 2.11. The van der Waals surface area contributed by atoms with E-state index in [0.717, 1.165) is 83.5 Å². The Morgan fingerprint density at radius 1 is 0.481 bits per heavy atom. The molecule has 0 spiro atoms. The van der Waals surface area contributed by atoms with Gasteiger partial charge in [0.25, 0.3) is 0 Å². The van der Waals surface area contributed by atoms with Gasteiger partial charge in [0.2, 0.25) is 5.91 Å². The molecule has 52 heavy (non-hydrogen) atoms. The summed E-state index contributed by atoms with van der Waals surface area (Å²) in [4.78, 5) is 12.4. The first kappa shape index (κ1) is 49.1. The van der Waals surface area contributed by atoms with Crippen LogP contribution in [0.3, 0.4) is 0 Å². The maximum Gasteiger partial charge on any atom is 0.220 e. The van der Waals surface area contributed by atoms with Crippen molar-refractivity contribution in [2.24, 2.45) is 0 Å². The van der Waals surface area contributed by atoms with Crippen molar-refractivity contribution in [3.8, 4) is 0 Å². The van der Waals surface area contributed by atoms with Gasteiger partial charge in [0, 0.05) is 6.42 Å². The first-order valence-electron chi connectivity index (χ1n) is 21.1. The van der Waals surface area contributed by atoms with Crippen LogP contribution >= 0.6 is 0 Å². The van der Waals surface area contributed by atoms with E-state index in [0.29, 0.717) is 6.42 Å². The molecule has 0 heterocycles. The second kappa shape index (κ2) is 42.5. The van der Waals surface area contributed by atoms with Gasteiger partial charge >= 0.3 is 0 Å². The maximum atomic E-state index is 12.4. The van der Waals surface area contributed by atoms with Crippen LogP contribution in [0.25, 0.3) is 0 Å². The van der Waals surface area contributed by atoms with E-state index in [1.54, 1.807) is 6.08 Å². The minimum absolute atomic E-state index is 0.126. The Kier molecular flexibility index (Phi) is 40.1. The van der Waals surface area contributed by atoms with Crippen molar-refractivity contribution < 1.29 is 15.0 Å². The lowest BCUT2D eigenvalue weighted by atomic mass is 10.1. The molecule has 0 saturated carbocycles. The zero-order valence-corrected chi connectivity index (χ0v) is 33.5. The van der Waals surface area contributed by atoms with Crippen molar-refractivity contribution in [3.63, 3.8) is 0 Å². The first-order valence-corrected chi connectivity index (χ1v) is 21.1. The van der Waals surface area contributed by atoms with Gasteiger partial charge < -0.3 is 15.5 Å². The maximum absolute atomic E-state index is 12.4. The van der Waals surface area contributed by atoms with Crippen molar-refractivity contribution in [2.45, 2.75) is 180 Å². The van der Waals surface area contributed by atoms with Gasteiger partial charge in [-0.05, 0) is 96.3 Å². The summed E-state index contributed by atoms with van der Waals surface area (Å²) < 4.78 is 0. The average Bonchev–Trinajstić information content (AvgIpc) is 3.15. The Hall–Kier alpha value is -2.95. The third kappa shape index (κ3) is 38.3. The number of aliphatic hydroxyl groups is 2. The quantitative estimate of drug-likeness (QED) is 0.0446. The van der Waals surface area contributed by atoms with Crippen LogP contribution in [0.15, 0.2) is 109 Å². The Labute approximate surface area is 321 Å². The van der Waals surface area contributed by atoms with E-state index >= 15 is 0 Å². The Bertz CT molecular complexity index is 1040. The molecule has 0 fully saturated rings. The summed E-state index contributed by atoms with van der Waals surface area (Å²) in [6.07, 6.45) is 64.7. The fraction of sp³-hybridized carbons (Fsp3) is 0.604. The van der Waals surface area contributed by atoms with E-state index in [9.17, 15) is 15.0 Å². The van der Waals surface area contributed by atoms with Crippen molar-refractivity contribution in [1.82, 2.24) is 5.32 Å². The molecule has 0 aliphatic rings. The number of rotatable bonds is 36. The molecule has 0 aliphatic carbocycles. The summed E-state index contributed by atoms with van der Waals surface area (Å²) in [6, 6.07) is -0.676. The minimum Gasteiger partial charge on any atom is -0.394 e. The van der Waals surface area contributed by atoms with E-state index in [1.165, 1.54) is 64.2 Å².